The largest absolute Gasteiger partial charge is 0.444 e. The average molecular weight is 863 g/mol. The topological polar surface area (TPSA) is 168 Å². The molecule has 5 heterocycles. The Kier molecular flexibility index (Phi) is 13.6. The van der Waals surface area contributed by atoms with E-state index in [1.165, 1.54) is 34.6 Å². The molecule has 0 spiro atoms. The first-order chi connectivity index (χ1) is 30.6. The van der Waals surface area contributed by atoms with E-state index in [9.17, 15) is 28.0 Å². The van der Waals surface area contributed by atoms with Crippen molar-refractivity contribution >= 4 is 34.4 Å². The highest BCUT2D eigenvalue weighted by Gasteiger charge is 2.31. The Morgan fingerprint density at radius 2 is 1.65 bits per heavy atom. The van der Waals surface area contributed by atoms with Gasteiger partial charge in [0.25, 0.3) is 12.3 Å². The zero-order chi connectivity index (χ0) is 43.9. The van der Waals surface area contributed by atoms with Gasteiger partial charge in [-0.15, -0.1) is 0 Å². The van der Waals surface area contributed by atoms with E-state index in [0.29, 0.717) is 36.4 Å². The van der Waals surface area contributed by atoms with Crippen LogP contribution in [0, 0.1) is 5.92 Å². The number of pyridine rings is 1. The van der Waals surface area contributed by atoms with E-state index >= 15 is 0 Å². The van der Waals surface area contributed by atoms with Gasteiger partial charge < -0.3 is 14.5 Å². The SMILES string of the molecule is Cn1c(=O)n(C2CCC(=O)NC2=O)c2ccc(CCCCOCCCCCCc3ccc(-n4cc(NC(=O)c5coc(-c6ccnc(CCC7CC7)c6)n5)c(C(F)F)n4)cc3)cc21. The molecular weight excluding hydrogens is 811 g/mol. The van der Waals surface area contributed by atoms with Gasteiger partial charge >= 0.3 is 5.69 Å². The first-order valence-electron chi connectivity index (χ1n) is 21.9. The number of amides is 3. The minimum atomic E-state index is -2.91. The molecule has 4 aromatic heterocycles. The van der Waals surface area contributed by atoms with Crippen molar-refractivity contribution < 1.29 is 32.3 Å². The normalized spacial score (nSPS) is 15.4. The van der Waals surface area contributed by atoms with Crippen LogP contribution < -0.4 is 16.3 Å². The maximum absolute atomic E-state index is 14.1. The molecule has 14 nitrogen and oxygen atoms in total. The Bertz CT molecular complexity index is 2630. The Balaban J connectivity index is 0.727. The van der Waals surface area contributed by atoms with E-state index in [1.807, 2.05) is 48.5 Å². The number of imidazole rings is 1. The first kappa shape index (κ1) is 43.4. The molecule has 16 heteroatoms. The van der Waals surface area contributed by atoms with Gasteiger partial charge in [0, 0.05) is 44.1 Å². The first-order valence-corrected chi connectivity index (χ1v) is 21.9. The summed E-state index contributed by atoms with van der Waals surface area (Å²) in [5.74, 6) is -0.404. The van der Waals surface area contributed by atoms with Gasteiger partial charge in [0.05, 0.1) is 28.6 Å². The molecule has 1 saturated heterocycles. The number of nitrogens with one attached hydrogen (secondary N) is 2. The van der Waals surface area contributed by atoms with Gasteiger partial charge in [-0.2, -0.15) is 5.10 Å². The van der Waals surface area contributed by atoms with E-state index in [0.717, 1.165) is 92.5 Å². The van der Waals surface area contributed by atoms with Crippen molar-refractivity contribution in [1.82, 2.24) is 34.2 Å². The maximum atomic E-state index is 14.1. The number of anilines is 1. The molecule has 0 bridgehead atoms. The Morgan fingerprint density at radius 3 is 2.43 bits per heavy atom. The molecule has 3 amide bonds. The molecule has 1 atom stereocenters. The third-order valence-corrected chi connectivity index (χ3v) is 11.9. The molecule has 2 fully saturated rings. The van der Waals surface area contributed by atoms with Crippen molar-refractivity contribution in [3.05, 3.63) is 112 Å². The Labute approximate surface area is 363 Å². The number of halogens is 2. The zero-order valence-corrected chi connectivity index (χ0v) is 35.4. The third-order valence-electron chi connectivity index (χ3n) is 11.9. The minimum absolute atomic E-state index is 0.0376. The summed E-state index contributed by atoms with van der Waals surface area (Å²) in [6, 6.07) is 16.4. The number of carbonyl (C=O) groups excluding carboxylic acids is 3. The number of alkyl halides is 2. The fourth-order valence-electron chi connectivity index (χ4n) is 8.11. The van der Waals surface area contributed by atoms with Gasteiger partial charge in [0.15, 0.2) is 11.4 Å². The van der Waals surface area contributed by atoms with Gasteiger partial charge in [-0.05, 0) is 111 Å². The van der Waals surface area contributed by atoms with Gasteiger partial charge in [-0.25, -0.2) is 23.2 Å². The molecule has 63 heavy (non-hydrogen) atoms. The van der Waals surface area contributed by atoms with Crippen molar-refractivity contribution in [2.75, 3.05) is 18.5 Å². The standard InChI is InChI=1S/C47H52F2N8O6/c1-55-40-26-32(15-19-38(40)57(47(55)61)39-20-21-41(58)53-45(39)60)9-5-7-25-62-24-6-3-2-4-8-30-13-17-35(18-14-30)56-28-36(42(54-56)43(48)49)51-44(59)37-29-63-46(52-37)33-22-23-50-34(27-33)16-12-31-10-11-31/h13-15,17-19,22-23,26-29,31,39,43H,2-12,16,20-21,24-25H2,1H3,(H,51,59)(H,53,58,60). The predicted octanol–water partition coefficient (Wildman–Crippen LogP) is 8.23. The summed E-state index contributed by atoms with van der Waals surface area (Å²) in [5, 5.41) is 8.97. The number of benzene rings is 2. The summed E-state index contributed by atoms with van der Waals surface area (Å²) in [6.45, 7) is 1.38. The van der Waals surface area contributed by atoms with Gasteiger partial charge in [0.1, 0.15) is 12.3 Å². The number of hydrogen-bond donors (Lipinski definition) is 2. The molecule has 1 aliphatic heterocycles. The molecular formula is C47H52F2N8O6. The lowest BCUT2D eigenvalue weighted by atomic mass is 10.0. The van der Waals surface area contributed by atoms with Gasteiger partial charge in [-0.3, -0.25) is 33.8 Å². The highest BCUT2D eigenvalue weighted by Crippen LogP contribution is 2.34. The van der Waals surface area contributed by atoms with Crippen molar-refractivity contribution in [1.29, 1.82) is 0 Å². The van der Waals surface area contributed by atoms with E-state index in [4.69, 9.17) is 9.15 Å². The van der Waals surface area contributed by atoms with Gasteiger partial charge in [0.2, 0.25) is 17.7 Å². The van der Waals surface area contributed by atoms with Gasteiger partial charge in [-0.1, -0.05) is 43.9 Å². The molecule has 330 valence electrons. The van der Waals surface area contributed by atoms with Crippen molar-refractivity contribution in [2.24, 2.45) is 13.0 Å². The lowest BCUT2D eigenvalue weighted by Gasteiger charge is -2.21. The quantitative estimate of drug-likeness (QED) is 0.0535. The van der Waals surface area contributed by atoms with Crippen molar-refractivity contribution in [3.8, 4) is 17.1 Å². The smallest absolute Gasteiger partial charge is 0.329 e. The van der Waals surface area contributed by atoms with Crippen LogP contribution in [0.1, 0.15) is 116 Å². The number of hydrogen-bond acceptors (Lipinski definition) is 9. The lowest BCUT2D eigenvalue weighted by Crippen LogP contribution is -2.44. The fraction of sp³-hybridized carbons (Fsp3) is 0.426. The number of nitrogens with zero attached hydrogens (tertiary/aromatic N) is 6. The number of ether oxygens (including phenoxy) is 1. The number of unbranched alkanes of at least 4 members (excludes halogenated alkanes) is 4. The zero-order valence-electron chi connectivity index (χ0n) is 35.4. The van der Waals surface area contributed by atoms with Crippen LogP contribution >= 0.6 is 0 Å². The predicted molar refractivity (Wildman–Crippen MR) is 232 cm³/mol. The van der Waals surface area contributed by atoms with E-state index in [1.54, 1.807) is 23.9 Å². The second-order valence-corrected chi connectivity index (χ2v) is 16.6. The number of imide groups is 1. The lowest BCUT2D eigenvalue weighted by molar-refractivity contribution is -0.135. The van der Waals surface area contributed by atoms with Crippen LogP contribution in [0.5, 0.6) is 0 Å². The summed E-state index contributed by atoms with van der Waals surface area (Å²) in [6.07, 6.45) is 14.0. The Hall–Kier alpha value is -6.29. The van der Waals surface area contributed by atoms with Crippen LogP contribution in [-0.4, -0.2) is 59.8 Å². The molecule has 0 radical (unpaired) electrons. The van der Waals surface area contributed by atoms with E-state index in [-0.39, 0.29) is 35.3 Å². The molecule has 2 aromatic carbocycles. The molecule has 6 aromatic rings. The maximum Gasteiger partial charge on any atom is 0.329 e. The summed E-state index contributed by atoms with van der Waals surface area (Å²) < 4.78 is 44.0. The highest BCUT2D eigenvalue weighted by molar-refractivity contribution is 6.03. The molecule has 1 aliphatic carbocycles. The third kappa shape index (κ3) is 10.7. The fourth-order valence-corrected chi connectivity index (χ4v) is 8.11. The molecule has 2 aliphatic rings. The highest BCUT2D eigenvalue weighted by atomic mass is 19.3. The molecule has 8 rings (SSSR count). The number of aryl methyl sites for hydroxylation is 4. The summed E-state index contributed by atoms with van der Waals surface area (Å²) in [4.78, 5) is 58.9. The Morgan fingerprint density at radius 1 is 0.905 bits per heavy atom. The molecule has 1 unspecified atom stereocenters. The average Bonchev–Trinajstić information content (AvgIpc) is 3.70. The summed E-state index contributed by atoms with van der Waals surface area (Å²) in [7, 11) is 1.70. The molecule has 2 N–H and O–H groups in total. The monoisotopic (exact) mass is 862 g/mol. The number of oxazole rings is 1. The van der Waals surface area contributed by atoms with Crippen LogP contribution in [0.25, 0.3) is 28.2 Å². The second-order valence-electron chi connectivity index (χ2n) is 16.6. The number of piperidine rings is 1. The number of carbonyl (C=O) groups is 3. The van der Waals surface area contributed by atoms with Crippen LogP contribution in [-0.2, 0) is 40.6 Å². The van der Waals surface area contributed by atoms with E-state index in [2.05, 4.69) is 25.7 Å². The number of rotatable bonds is 21. The second kappa shape index (κ2) is 19.8. The van der Waals surface area contributed by atoms with Crippen LogP contribution in [0.3, 0.4) is 0 Å². The summed E-state index contributed by atoms with van der Waals surface area (Å²) in [5.41, 5.74) is 4.95. The van der Waals surface area contributed by atoms with Crippen LogP contribution in [0.4, 0.5) is 14.5 Å². The number of fused-ring (bicyclic) bond motifs is 1. The van der Waals surface area contributed by atoms with Crippen LogP contribution in [0.2, 0.25) is 0 Å². The summed E-state index contributed by atoms with van der Waals surface area (Å²) >= 11 is 0. The van der Waals surface area contributed by atoms with Crippen molar-refractivity contribution in [2.45, 2.75) is 102 Å². The minimum Gasteiger partial charge on any atom is -0.444 e. The van der Waals surface area contributed by atoms with E-state index < -0.39 is 30.0 Å². The van der Waals surface area contributed by atoms with Crippen LogP contribution in [0.15, 0.2) is 82.5 Å². The van der Waals surface area contributed by atoms with Crippen molar-refractivity contribution in [3.63, 3.8) is 0 Å². The number of aromatic nitrogens is 6. The molecule has 1 saturated carbocycles.